The van der Waals surface area contributed by atoms with Crippen LogP contribution < -0.4 is 5.73 Å². The highest BCUT2D eigenvalue weighted by atomic mass is 19.2. The quantitative estimate of drug-likeness (QED) is 0.763. The van der Waals surface area contributed by atoms with Crippen LogP contribution in [-0.2, 0) is 0 Å². The van der Waals surface area contributed by atoms with Gasteiger partial charge in [-0.15, -0.1) is 0 Å². The molecule has 0 saturated heterocycles. The topological polar surface area (TPSA) is 52.0 Å². The van der Waals surface area contributed by atoms with Crippen molar-refractivity contribution in [3.8, 4) is 11.3 Å². The van der Waals surface area contributed by atoms with Crippen LogP contribution in [-0.4, -0.2) is 5.16 Å². The van der Waals surface area contributed by atoms with E-state index in [2.05, 4.69) is 5.16 Å². The van der Waals surface area contributed by atoms with Crippen LogP contribution in [0.5, 0.6) is 0 Å². The molecule has 0 saturated carbocycles. The van der Waals surface area contributed by atoms with Crippen LogP contribution in [0.4, 0.5) is 19.0 Å². The summed E-state index contributed by atoms with van der Waals surface area (Å²) < 4.78 is 43.8. The van der Waals surface area contributed by atoms with Gasteiger partial charge in [-0.05, 0) is 19.1 Å². The Morgan fingerprint density at radius 2 is 1.88 bits per heavy atom. The number of benzene rings is 1. The number of nitrogens with zero attached hydrogens (tertiary/aromatic N) is 1. The summed E-state index contributed by atoms with van der Waals surface area (Å²) in [6, 6.07) is 1.88. The predicted octanol–water partition coefficient (Wildman–Crippen LogP) is 2.65. The van der Waals surface area contributed by atoms with Crippen molar-refractivity contribution in [3.63, 3.8) is 0 Å². The molecule has 0 spiro atoms. The maximum absolute atomic E-state index is 13.4. The Morgan fingerprint density at radius 1 is 1.19 bits per heavy atom. The number of aromatic nitrogens is 1. The van der Waals surface area contributed by atoms with Crippen molar-refractivity contribution in [3.05, 3.63) is 35.1 Å². The summed E-state index contributed by atoms with van der Waals surface area (Å²) in [5.41, 5.74) is 5.57. The first-order valence-corrected chi connectivity index (χ1v) is 4.38. The first-order chi connectivity index (χ1) is 7.52. The highest BCUT2D eigenvalue weighted by Crippen LogP contribution is 2.30. The lowest BCUT2D eigenvalue weighted by atomic mass is 10.1. The predicted molar refractivity (Wildman–Crippen MR) is 51.0 cm³/mol. The molecule has 0 atom stereocenters. The summed E-state index contributed by atoms with van der Waals surface area (Å²) in [5.74, 6) is -4.05. The molecule has 3 nitrogen and oxygen atoms in total. The van der Waals surface area contributed by atoms with Crippen molar-refractivity contribution >= 4 is 5.82 Å². The van der Waals surface area contributed by atoms with Gasteiger partial charge in [0.15, 0.2) is 29.0 Å². The van der Waals surface area contributed by atoms with Crippen molar-refractivity contribution in [1.29, 1.82) is 0 Å². The molecule has 2 rings (SSSR count). The fourth-order valence-electron chi connectivity index (χ4n) is 1.30. The Bertz CT molecular complexity index is 551. The molecule has 2 aromatic rings. The summed E-state index contributed by atoms with van der Waals surface area (Å²) in [6.07, 6.45) is 0. The smallest absolute Gasteiger partial charge is 0.195 e. The Labute approximate surface area is 88.7 Å². The second kappa shape index (κ2) is 3.55. The number of halogens is 3. The number of hydrogen-bond donors (Lipinski definition) is 1. The third-order valence-corrected chi connectivity index (χ3v) is 2.24. The zero-order valence-corrected chi connectivity index (χ0v) is 8.22. The van der Waals surface area contributed by atoms with Gasteiger partial charge in [-0.1, -0.05) is 5.16 Å². The fourth-order valence-corrected chi connectivity index (χ4v) is 1.30. The van der Waals surface area contributed by atoms with Gasteiger partial charge in [0.1, 0.15) is 0 Å². The van der Waals surface area contributed by atoms with E-state index < -0.39 is 17.5 Å². The van der Waals surface area contributed by atoms with Gasteiger partial charge in [-0.25, -0.2) is 13.2 Å². The molecule has 1 aromatic carbocycles. The van der Waals surface area contributed by atoms with Crippen molar-refractivity contribution in [2.45, 2.75) is 6.92 Å². The van der Waals surface area contributed by atoms with Crippen molar-refractivity contribution in [2.75, 3.05) is 5.73 Å². The maximum atomic E-state index is 13.4. The van der Waals surface area contributed by atoms with Gasteiger partial charge in [-0.2, -0.15) is 0 Å². The molecule has 0 bridgehead atoms. The van der Waals surface area contributed by atoms with Crippen molar-refractivity contribution in [1.82, 2.24) is 5.16 Å². The number of nitrogens with two attached hydrogens (primary N) is 1. The summed E-state index contributed by atoms with van der Waals surface area (Å²) in [5, 5.41) is 3.41. The van der Waals surface area contributed by atoms with Crippen LogP contribution in [0.15, 0.2) is 16.7 Å². The van der Waals surface area contributed by atoms with E-state index in [0.29, 0.717) is 5.56 Å². The molecule has 0 fully saturated rings. The SMILES string of the molecule is Cc1c(N)noc1-c1ccc(F)c(F)c1F. The highest BCUT2D eigenvalue weighted by Gasteiger charge is 2.20. The zero-order chi connectivity index (χ0) is 11.9. The van der Waals surface area contributed by atoms with Crippen LogP contribution >= 0.6 is 0 Å². The van der Waals surface area contributed by atoms with Crippen LogP contribution in [0.1, 0.15) is 5.56 Å². The Balaban J connectivity index is 2.66. The number of anilines is 1. The molecule has 2 N–H and O–H groups in total. The standard InChI is InChI=1S/C10H7F3N2O/c1-4-9(16-15-10(4)14)5-2-3-6(11)8(13)7(5)12/h2-3H,1H3,(H2,14,15). The zero-order valence-electron chi connectivity index (χ0n) is 8.22. The van der Waals surface area contributed by atoms with Gasteiger partial charge in [0.25, 0.3) is 0 Å². The molecular formula is C10H7F3N2O. The Hall–Kier alpha value is -1.98. The summed E-state index contributed by atoms with van der Waals surface area (Å²) in [4.78, 5) is 0. The molecule has 16 heavy (non-hydrogen) atoms. The third-order valence-electron chi connectivity index (χ3n) is 2.24. The first-order valence-electron chi connectivity index (χ1n) is 4.38. The first kappa shape index (κ1) is 10.5. The van der Waals surface area contributed by atoms with Gasteiger partial charge >= 0.3 is 0 Å². The minimum Gasteiger partial charge on any atom is -0.381 e. The maximum Gasteiger partial charge on any atom is 0.195 e. The third kappa shape index (κ3) is 1.42. The molecule has 84 valence electrons. The van der Waals surface area contributed by atoms with E-state index >= 15 is 0 Å². The molecule has 0 aliphatic carbocycles. The molecule has 6 heteroatoms. The molecule has 1 aromatic heterocycles. The van der Waals surface area contributed by atoms with E-state index in [9.17, 15) is 13.2 Å². The molecule has 0 amide bonds. The largest absolute Gasteiger partial charge is 0.381 e. The van der Waals surface area contributed by atoms with Crippen LogP contribution in [0, 0.1) is 24.4 Å². The molecule has 0 radical (unpaired) electrons. The number of rotatable bonds is 1. The van der Waals surface area contributed by atoms with Crippen molar-refractivity contribution < 1.29 is 17.7 Å². The highest BCUT2D eigenvalue weighted by molar-refractivity contribution is 5.66. The lowest BCUT2D eigenvalue weighted by Gasteiger charge is -2.01. The van der Waals surface area contributed by atoms with Gasteiger partial charge in [0, 0.05) is 5.56 Å². The lowest BCUT2D eigenvalue weighted by molar-refractivity contribution is 0.423. The van der Waals surface area contributed by atoms with E-state index in [0.717, 1.165) is 12.1 Å². The monoisotopic (exact) mass is 228 g/mol. The summed E-state index contributed by atoms with van der Waals surface area (Å²) >= 11 is 0. The average molecular weight is 228 g/mol. The van der Waals surface area contributed by atoms with Crippen LogP contribution in [0.25, 0.3) is 11.3 Å². The van der Waals surface area contributed by atoms with Crippen molar-refractivity contribution in [2.24, 2.45) is 0 Å². The van der Waals surface area contributed by atoms with E-state index in [1.54, 1.807) is 6.92 Å². The molecule has 0 aliphatic rings. The van der Waals surface area contributed by atoms with Gasteiger partial charge in [0.05, 0.1) is 5.56 Å². The molecular weight excluding hydrogens is 221 g/mol. The minimum atomic E-state index is -1.55. The normalized spacial score (nSPS) is 10.8. The average Bonchev–Trinajstić information content (AvgIpc) is 2.58. The van der Waals surface area contributed by atoms with E-state index in [1.165, 1.54) is 0 Å². The van der Waals surface area contributed by atoms with E-state index in [-0.39, 0.29) is 17.1 Å². The van der Waals surface area contributed by atoms with Crippen LogP contribution in [0.2, 0.25) is 0 Å². The molecule has 1 heterocycles. The van der Waals surface area contributed by atoms with Gasteiger partial charge in [-0.3, -0.25) is 0 Å². The van der Waals surface area contributed by atoms with E-state index in [1.807, 2.05) is 0 Å². The van der Waals surface area contributed by atoms with Gasteiger partial charge < -0.3 is 10.3 Å². The second-order valence-electron chi connectivity index (χ2n) is 3.24. The summed E-state index contributed by atoms with van der Waals surface area (Å²) in [7, 11) is 0. The second-order valence-corrected chi connectivity index (χ2v) is 3.24. The van der Waals surface area contributed by atoms with Gasteiger partial charge in [0.2, 0.25) is 0 Å². The Morgan fingerprint density at radius 3 is 2.44 bits per heavy atom. The summed E-state index contributed by atoms with van der Waals surface area (Å²) in [6.45, 7) is 1.54. The lowest BCUT2D eigenvalue weighted by Crippen LogP contribution is -1.94. The number of nitrogen functional groups attached to an aromatic ring is 1. The number of hydrogen-bond acceptors (Lipinski definition) is 3. The van der Waals surface area contributed by atoms with Crippen LogP contribution in [0.3, 0.4) is 0 Å². The Kier molecular flexibility index (Phi) is 2.34. The minimum absolute atomic E-state index is 0.00565. The molecule has 0 unspecified atom stereocenters. The molecule has 0 aliphatic heterocycles. The fraction of sp³-hybridized carbons (Fsp3) is 0.100. The van der Waals surface area contributed by atoms with E-state index in [4.69, 9.17) is 10.3 Å².